The Kier molecular flexibility index (Phi) is 4.12. The minimum atomic E-state index is 0.243. The van der Waals surface area contributed by atoms with Crippen molar-refractivity contribution in [1.29, 1.82) is 0 Å². The van der Waals surface area contributed by atoms with Gasteiger partial charge in [0.05, 0.1) is 6.61 Å². The number of rotatable bonds is 4. The molecule has 1 aromatic rings. The SMILES string of the molecule is CCCOc1nc(N)nc(N2CCC3(CCCC3)CC2)n1. The number of hydrogen-bond acceptors (Lipinski definition) is 6. The monoisotopic (exact) mass is 291 g/mol. The fraction of sp³-hybridized carbons (Fsp3) is 0.800. The summed E-state index contributed by atoms with van der Waals surface area (Å²) < 4.78 is 5.49. The van der Waals surface area contributed by atoms with Crippen LogP contribution >= 0.6 is 0 Å². The number of aromatic nitrogens is 3. The number of nitrogen functional groups attached to an aromatic ring is 1. The van der Waals surface area contributed by atoms with Gasteiger partial charge in [-0.3, -0.25) is 0 Å². The third-order valence-electron chi connectivity index (χ3n) is 4.83. The first-order valence-electron chi connectivity index (χ1n) is 8.10. The molecule has 116 valence electrons. The predicted molar refractivity (Wildman–Crippen MR) is 82.4 cm³/mol. The van der Waals surface area contributed by atoms with Crippen LogP contribution in [0.5, 0.6) is 6.01 Å². The van der Waals surface area contributed by atoms with E-state index in [0.29, 0.717) is 24.0 Å². The Bertz CT molecular complexity index is 477. The summed E-state index contributed by atoms with van der Waals surface area (Å²) in [6, 6.07) is 0.348. The summed E-state index contributed by atoms with van der Waals surface area (Å²) in [5.41, 5.74) is 6.38. The average Bonchev–Trinajstić information content (AvgIpc) is 2.93. The van der Waals surface area contributed by atoms with Gasteiger partial charge in [0.25, 0.3) is 0 Å². The summed E-state index contributed by atoms with van der Waals surface area (Å²) in [6.07, 6.45) is 8.98. The molecule has 1 aromatic heterocycles. The zero-order chi connectivity index (χ0) is 14.7. The lowest BCUT2D eigenvalue weighted by atomic mass is 9.77. The van der Waals surface area contributed by atoms with Gasteiger partial charge < -0.3 is 15.4 Å². The molecule has 6 heteroatoms. The number of piperidine rings is 1. The molecule has 1 aliphatic heterocycles. The zero-order valence-corrected chi connectivity index (χ0v) is 12.8. The molecule has 1 spiro atoms. The van der Waals surface area contributed by atoms with Gasteiger partial charge in [0, 0.05) is 13.1 Å². The van der Waals surface area contributed by atoms with Crippen molar-refractivity contribution in [2.45, 2.75) is 51.9 Å². The van der Waals surface area contributed by atoms with E-state index in [2.05, 4.69) is 26.8 Å². The van der Waals surface area contributed by atoms with Gasteiger partial charge in [-0.15, -0.1) is 0 Å². The molecule has 0 amide bonds. The Morgan fingerprint density at radius 2 is 1.81 bits per heavy atom. The number of hydrogen-bond donors (Lipinski definition) is 1. The Morgan fingerprint density at radius 3 is 2.48 bits per heavy atom. The highest BCUT2D eigenvalue weighted by molar-refractivity contribution is 5.36. The molecule has 0 aromatic carbocycles. The Labute approximate surface area is 126 Å². The summed E-state index contributed by atoms with van der Waals surface area (Å²) in [5, 5.41) is 0. The molecule has 0 unspecified atom stereocenters. The molecule has 1 saturated carbocycles. The van der Waals surface area contributed by atoms with Crippen LogP contribution in [0.25, 0.3) is 0 Å². The van der Waals surface area contributed by atoms with Crippen LogP contribution in [0.1, 0.15) is 51.9 Å². The number of ether oxygens (including phenoxy) is 1. The van der Waals surface area contributed by atoms with Crippen LogP contribution in [-0.2, 0) is 0 Å². The number of anilines is 2. The van der Waals surface area contributed by atoms with E-state index in [-0.39, 0.29) is 5.95 Å². The lowest BCUT2D eigenvalue weighted by molar-refractivity contribution is 0.225. The van der Waals surface area contributed by atoms with Gasteiger partial charge in [-0.05, 0) is 37.5 Å². The highest BCUT2D eigenvalue weighted by Crippen LogP contribution is 2.46. The van der Waals surface area contributed by atoms with Gasteiger partial charge in [0.2, 0.25) is 11.9 Å². The lowest BCUT2D eigenvalue weighted by Crippen LogP contribution is -2.39. The zero-order valence-electron chi connectivity index (χ0n) is 12.8. The van der Waals surface area contributed by atoms with E-state index in [1.807, 2.05) is 0 Å². The number of nitrogens with zero attached hydrogens (tertiary/aromatic N) is 4. The third-order valence-corrected chi connectivity index (χ3v) is 4.83. The molecule has 3 rings (SSSR count). The summed E-state index contributed by atoms with van der Waals surface area (Å²) >= 11 is 0. The molecular formula is C15H25N5O. The summed E-state index contributed by atoms with van der Waals surface area (Å²) in [7, 11) is 0. The van der Waals surface area contributed by atoms with E-state index in [4.69, 9.17) is 10.5 Å². The first kappa shape index (κ1) is 14.4. The summed E-state index contributed by atoms with van der Waals surface area (Å²) in [4.78, 5) is 15.0. The maximum absolute atomic E-state index is 5.78. The van der Waals surface area contributed by atoms with Crippen LogP contribution in [0.2, 0.25) is 0 Å². The van der Waals surface area contributed by atoms with Crippen molar-refractivity contribution in [3.8, 4) is 6.01 Å². The van der Waals surface area contributed by atoms with Crippen LogP contribution in [0.4, 0.5) is 11.9 Å². The molecule has 1 aliphatic carbocycles. The molecule has 2 fully saturated rings. The van der Waals surface area contributed by atoms with Crippen LogP contribution < -0.4 is 15.4 Å². The minimum Gasteiger partial charge on any atom is -0.463 e. The Balaban J connectivity index is 1.68. The first-order chi connectivity index (χ1) is 10.2. The minimum absolute atomic E-state index is 0.243. The van der Waals surface area contributed by atoms with E-state index < -0.39 is 0 Å². The Hall–Kier alpha value is -1.59. The maximum atomic E-state index is 5.78. The van der Waals surface area contributed by atoms with Gasteiger partial charge in [-0.25, -0.2) is 0 Å². The van der Waals surface area contributed by atoms with Gasteiger partial charge in [0.1, 0.15) is 0 Å². The van der Waals surface area contributed by atoms with Crippen molar-refractivity contribution in [3.63, 3.8) is 0 Å². The van der Waals surface area contributed by atoms with E-state index in [1.54, 1.807) is 0 Å². The van der Waals surface area contributed by atoms with Gasteiger partial charge in [-0.1, -0.05) is 19.8 Å². The molecule has 2 aliphatic rings. The topological polar surface area (TPSA) is 77.2 Å². The molecule has 2 heterocycles. The quantitative estimate of drug-likeness (QED) is 0.918. The van der Waals surface area contributed by atoms with Crippen molar-refractivity contribution in [2.24, 2.45) is 5.41 Å². The van der Waals surface area contributed by atoms with E-state index in [1.165, 1.54) is 38.5 Å². The fourth-order valence-corrected chi connectivity index (χ4v) is 3.57. The molecule has 2 N–H and O–H groups in total. The molecule has 6 nitrogen and oxygen atoms in total. The average molecular weight is 291 g/mol. The molecular weight excluding hydrogens is 266 g/mol. The van der Waals surface area contributed by atoms with E-state index >= 15 is 0 Å². The third kappa shape index (κ3) is 3.19. The van der Waals surface area contributed by atoms with Crippen LogP contribution in [0, 0.1) is 5.41 Å². The van der Waals surface area contributed by atoms with Crippen LogP contribution in [0.15, 0.2) is 0 Å². The first-order valence-corrected chi connectivity index (χ1v) is 8.10. The lowest BCUT2D eigenvalue weighted by Gasteiger charge is -2.39. The summed E-state index contributed by atoms with van der Waals surface area (Å²) in [5.74, 6) is 0.911. The molecule has 0 atom stereocenters. The molecule has 1 saturated heterocycles. The van der Waals surface area contributed by atoms with Crippen molar-refractivity contribution in [1.82, 2.24) is 15.0 Å². The van der Waals surface area contributed by atoms with Gasteiger partial charge >= 0.3 is 6.01 Å². The van der Waals surface area contributed by atoms with Crippen LogP contribution in [-0.4, -0.2) is 34.6 Å². The second kappa shape index (κ2) is 6.03. The van der Waals surface area contributed by atoms with Crippen LogP contribution in [0.3, 0.4) is 0 Å². The Morgan fingerprint density at radius 1 is 1.10 bits per heavy atom. The molecule has 0 radical (unpaired) electrons. The van der Waals surface area contributed by atoms with Crippen molar-refractivity contribution in [2.75, 3.05) is 30.3 Å². The highest BCUT2D eigenvalue weighted by atomic mass is 16.5. The molecule has 21 heavy (non-hydrogen) atoms. The standard InChI is InChI=1S/C15H25N5O/c1-2-11-21-14-18-12(16)17-13(19-14)20-9-7-15(8-10-20)5-3-4-6-15/h2-11H2,1H3,(H2,16,17,18,19). The molecule has 0 bridgehead atoms. The normalized spacial score (nSPS) is 20.9. The van der Waals surface area contributed by atoms with Gasteiger partial charge in [0.15, 0.2) is 0 Å². The maximum Gasteiger partial charge on any atom is 0.323 e. The van der Waals surface area contributed by atoms with Crippen molar-refractivity contribution < 1.29 is 4.74 Å². The smallest absolute Gasteiger partial charge is 0.323 e. The number of nitrogens with two attached hydrogens (primary N) is 1. The highest BCUT2D eigenvalue weighted by Gasteiger charge is 2.37. The van der Waals surface area contributed by atoms with Crippen molar-refractivity contribution in [3.05, 3.63) is 0 Å². The van der Waals surface area contributed by atoms with E-state index in [0.717, 1.165) is 19.5 Å². The fourth-order valence-electron chi connectivity index (χ4n) is 3.57. The second-order valence-electron chi connectivity index (χ2n) is 6.32. The second-order valence-corrected chi connectivity index (χ2v) is 6.32. The van der Waals surface area contributed by atoms with E-state index in [9.17, 15) is 0 Å². The largest absolute Gasteiger partial charge is 0.463 e. The van der Waals surface area contributed by atoms with Crippen molar-refractivity contribution >= 4 is 11.9 Å². The van der Waals surface area contributed by atoms with Gasteiger partial charge in [-0.2, -0.15) is 15.0 Å². The summed E-state index contributed by atoms with van der Waals surface area (Å²) in [6.45, 7) is 4.68. The predicted octanol–water partition coefficient (Wildman–Crippen LogP) is 2.40.